The van der Waals surface area contributed by atoms with Gasteiger partial charge in [-0.2, -0.15) is 0 Å². The van der Waals surface area contributed by atoms with Crippen molar-refractivity contribution in [3.63, 3.8) is 0 Å². The zero-order valence-corrected chi connectivity index (χ0v) is 16.6. The van der Waals surface area contributed by atoms with Crippen molar-refractivity contribution in [1.29, 1.82) is 0 Å². The largest absolute Gasteiger partial charge is 0.345 e. The van der Waals surface area contributed by atoms with Crippen LogP contribution in [0.25, 0.3) is 58.0 Å². The Labute approximate surface area is 172 Å². The molecule has 6 rings (SSSR count). The highest BCUT2D eigenvalue weighted by molar-refractivity contribution is 7.26. The molecule has 3 heteroatoms. The summed E-state index contributed by atoms with van der Waals surface area (Å²) in [6.07, 6.45) is 0. The predicted octanol–water partition coefficient (Wildman–Crippen LogP) is 7.92. The summed E-state index contributed by atoms with van der Waals surface area (Å²) in [6, 6.07) is 27.9. The lowest BCUT2D eigenvalue weighted by atomic mass is 10.0. The van der Waals surface area contributed by atoms with Crippen LogP contribution in [-0.4, -0.2) is 4.57 Å². The molecule has 0 bridgehead atoms. The van der Waals surface area contributed by atoms with E-state index in [1.165, 1.54) is 47.6 Å². The molecular weight excluding hydrogens is 372 g/mol. The van der Waals surface area contributed by atoms with Crippen molar-refractivity contribution in [3.8, 4) is 11.1 Å². The molecule has 0 aliphatic heterocycles. The highest BCUT2D eigenvalue weighted by atomic mass is 32.1. The molecule has 0 aliphatic rings. The maximum Gasteiger partial charge on any atom is 0.189 e. The van der Waals surface area contributed by atoms with Crippen molar-refractivity contribution < 1.29 is 0 Å². The zero-order chi connectivity index (χ0) is 19.5. The fourth-order valence-electron chi connectivity index (χ4n) is 4.41. The van der Waals surface area contributed by atoms with Crippen LogP contribution in [0, 0.1) is 6.57 Å². The number of benzene rings is 4. The summed E-state index contributed by atoms with van der Waals surface area (Å²) in [4.78, 5) is 3.59. The zero-order valence-electron chi connectivity index (χ0n) is 15.8. The second kappa shape index (κ2) is 5.94. The quantitative estimate of drug-likeness (QED) is 0.253. The third-order valence-corrected chi connectivity index (χ3v) is 7.05. The van der Waals surface area contributed by atoms with Gasteiger partial charge in [0.25, 0.3) is 0 Å². The average molecular weight is 388 g/mol. The Balaban J connectivity index is 1.66. The van der Waals surface area contributed by atoms with Gasteiger partial charge in [0.15, 0.2) is 5.69 Å². The minimum atomic E-state index is 0.679. The fraction of sp³-hybridized carbons (Fsp3) is 0.0385. The van der Waals surface area contributed by atoms with Crippen LogP contribution >= 0.6 is 11.3 Å². The van der Waals surface area contributed by atoms with E-state index in [1.807, 2.05) is 23.5 Å². The number of hydrogen-bond donors (Lipinski definition) is 0. The first-order chi connectivity index (χ1) is 14.2. The van der Waals surface area contributed by atoms with Gasteiger partial charge in [-0.1, -0.05) is 54.6 Å². The van der Waals surface area contributed by atoms with Crippen molar-refractivity contribution in [2.75, 3.05) is 0 Å². The molecule has 0 N–H and O–H groups in total. The summed E-state index contributed by atoms with van der Waals surface area (Å²) in [7, 11) is 2.07. The summed E-state index contributed by atoms with van der Waals surface area (Å²) in [5.74, 6) is 0. The first-order valence-corrected chi connectivity index (χ1v) is 10.4. The van der Waals surface area contributed by atoms with Gasteiger partial charge in [0.1, 0.15) is 0 Å². The fourth-order valence-corrected chi connectivity index (χ4v) is 5.65. The van der Waals surface area contributed by atoms with Crippen molar-refractivity contribution >= 4 is 59.0 Å². The number of nitrogens with zero attached hydrogens (tertiary/aromatic N) is 2. The molecule has 6 aromatic rings. The molecule has 136 valence electrons. The highest BCUT2D eigenvalue weighted by Gasteiger charge is 2.13. The van der Waals surface area contributed by atoms with Gasteiger partial charge in [0.05, 0.1) is 6.57 Å². The van der Waals surface area contributed by atoms with E-state index < -0.39 is 0 Å². The Kier molecular flexibility index (Phi) is 3.35. The van der Waals surface area contributed by atoms with Gasteiger partial charge in [-0.05, 0) is 35.4 Å². The number of thiophene rings is 1. The second-order valence-corrected chi connectivity index (χ2v) is 8.44. The molecule has 0 aliphatic carbocycles. The lowest BCUT2D eigenvalue weighted by molar-refractivity contribution is 1.01. The van der Waals surface area contributed by atoms with Crippen LogP contribution in [0.15, 0.2) is 78.9 Å². The van der Waals surface area contributed by atoms with Gasteiger partial charge in [0.2, 0.25) is 0 Å². The molecule has 2 heterocycles. The van der Waals surface area contributed by atoms with E-state index in [0.29, 0.717) is 5.69 Å². The summed E-state index contributed by atoms with van der Waals surface area (Å²) in [6.45, 7) is 7.31. The Morgan fingerprint density at radius 3 is 2.52 bits per heavy atom. The molecule has 4 aromatic carbocycles. The highest BCUT2D eigenvalue weighted by Crippen LogP contribution is 2.41. The number of aryl methyl sites for hydroxylation is 1. The van der Waals surface area contributed by atoms with Gasteiger partial charge >= 0.3 is 0 Å². The maximum atomic E-state index is 7.31. The maximum absolute atomic E-state index is 7.31. The van der Waals surface area contributed by atoms with Crippen LogP contribution in [0.5, 0.6) is 0 Å². The van der Waals surface area contributed by atoms with E-state index >= 15 is 0 Å². The normalized spacial score (nSPS) is 11.6. The summed E-state index contributed by atoms with van der Waals surface area (Å²) in [5, 5.41) is 5.07. The molecule has 0 radical (unpaired) electrons. The van der Waals surface area contributed by atoms with E-state index in [0.717, 1.165) is 5.52 Å². The Morgan fingerprint density at radius 2 is 1.62 bits per heavy atom. The van der Waals surface area contributed by atoms with Gasteiger partial charge in [0, 0.05) is 49.0 Å². The smallest absolute Gasteiger partial charge is 0.189 e. The van der Waals surface area contributed by atoms with Crippen LogP contribution in [0.3, 0.4) is 0 Å². The van der Waals surface area contributed by atoms with E-state index in [1.54, 1.807) is 0 Å². The number of fused-ring (bicyclic) bond motifs is 6. The molecule has 2 aromatic heterocycles. The molecule has 0 saturated heterocycles. The minimum Gasteiger partial charge on any atom is -0.345 e. The molecule has 0 atom stereocenters. The van der Waals surface area contributed by atoms with Gasteiger partial charge in [-0.3, -0.25) is 0 Å². The first kappa shape index (κ1) is 16.4. The Bertz CT molecular complexity index is 1630. The SMILES string of the molecule is [C-]#[N+]c1ccc2c3cc(-c4cccc5c4sc4ccccc45)ccc3n(C)c2c1. The molecule has 0 fully saturated rings. The lowest BCUT2D eigenvalue weighted by Crippen LogP contribution is -1.86. The van der Waals surface area contributed by atoms with Gasteiger partial charge in [-0.25, -0.2) is 4.85 Å². The monoisotopic (exact) mass is 388 g/mol. The van der Waals surface area contributed by atoms with Crippen LogP contribution in [-0.2, 0) is 7.05 Å². The molecular formula is C26H16N2S. The van der Waals surface area contributed by atoms with E-state index in [2.05, 4.69) is 83.2 Å². The summed E-state index contributed by atoms with van der Waals surface area (Å²) in [5.41, 5.74) is 5.48. The predicted molar refractivity (Wildman–Crippen MR) is 125 cm³/mol. The van der Waals surface area contributed by atoms with Crippen LogP contribution < -0.4 is 0 Å². The summed E-state index contributed by atoms with van der Waals surface area (Å²) < 4.78 is 4.85. The topological polar surface area (TPSA) is 9.29 Å². The third kappa shape index (κ3) is 2.27. The Morgan fingerprint density at radius 1 is 0.759 bits per heavy atom. The second-order valence-electron chi connectivity index (χ2n) is 7.38. The molecule has 0 saturated carbocycles. The lowest BCUT2D eigenvalue weighted by Gasteiger charge is -2.05. The number of rotatable bonds is 1. The number of hydrogen-bond acceptors (Lipinski definition) is 1. The van der Waals surface area contributed by atoms with Crippen molar-refractivity contribution in [1.82, 2.24) is 4.57 Å². The summed E-state index contributed by atoms with van der Waals surface area (Å²) >= 11 is 1.86. The third-order valence-electron chi connectivity index (χ3n) is 5.84. The molecule has 0 unspecified atom stereocenters. The molecule has 0 spiro atoms. The average Bonchev–Trinajstić information content (AvgIpc) is 3.29. The standard InChI is InChI=1S/C26H16N2S/c1-27-17-11-12-19-22-14-16(10-13-23(22)28(2)24(19)15-17)18-7-5-8-21-20-6-3-4-9-25(20)29-26(18)21/h3-15H,2H3. The molecule has 29 heavy (non-hydrogen) atoms. The molecule has 2 nitrogen and oxygen atoms in total. The Hall–Kier alpha value is -3.61. The molecule has 0 amide bonds. The van der Waals surface area contributed by atoms with Crippen LogP contribution in [0.1, 0.15) is 0 Å². The van der Waals surface area contributed by atoms with Gasteiger partial charge in [-0.15, -0.1) is 11.3 Å². The van der Waals surface area contributed by atoms with Crippen LogP contribution in [0.2, 0.25) is 0 Å². The van der Waals surface area contributed by atoms with Gasteiger partial charge < -0.3 is 4.57 Å². The van der Waals surface area contributed by atoms with Crippen molar-refractivity contribution in [2.24, 2.45) is 7.05 Å². The first-order valence-electron chi connectivity index (χ1n) is 9.55. The minimum absolute atomic E-state index is 0.679. The van der Waals surface area contributed by atoms with Crippen LogP contribution in [0.4, 0.5) is 5.69 Å². The number of aromatic nitrogens is 1. The van der Waals surface area contributed by atoms with E-state index in [9.17, 15) is 0 Å². The van der Waals surface area contributed by atoms with Crippen molar-refractivity contribution in [2.45, 2.75) is 0 Å². The van der Waals surface area contributed by atoms with Crippen molar-refractivity contribution in [3.05, 3.63) is 90.3 Å². The van der Waals surface area contributed by atoms with E-state index in [4.69, 9.17) is 6.57 Å². The van der Waals surface area contributed by atoms with E-state index in [-0.39, 0.29) is 0 Å².